The molecule has 0 saturated carbocycles. The zero-order valence-corrected chi connectivity index (χ0v) is 13.8. The summed E-state index contributed by atoms with van der Waals surface area (Å²) >= 11 is 0. The summed E-state index contributed by atoms with van der Waals surface area (Å²) in [6.07, 6.45) is 7.14. The zero-order valence-electron chi connectivity index (χ0n) is 13.0. The van der Waals surface area contributed by atoms with Crippen molar-refractivity contribution in [3.63, 3.8) is 0 Å². The van der Waals surface area contributed by atoms with Gasteiger partial charge in [0, 0.05) is 0 Å². The van der Waals surface area contributed by atoms with Gasteiger partial charge in [-0.05, 0) is 50.8 Å². The third-order valence-corrected chi connectivity index (χ3v) is 5.74. The number of carbonyl (C=O) groups is 1. The van der Waals surface area contributed by atoms with Gasteiger partial charge in [0.15, 0.2) is 0 Å². The quantitative estimate of drug-likeness (QED) is 0.849. The SMILES string of the molecule is Cc1ccc(S(=O)(=O)N2C(=O)OC/C2=C\C2=CCCCC2)cc1. The van der Waals surface area contributed by atoms with Gasteiger partial charge in [0.2, 0.25) is 0 Å². The highest BCUT2D eigenvalue weighted by Gasteiger charge is 2.39. The molecular weight excluding hydrogens is 314 g/mol. The Morgan fingerprint density at radius 3 is 2.57 bits per heavy atom. The average Bonchev–Trinajstić information content (AvgIpc) is 2.90. The van der Waals surface area contributed by atoms with Gasteiger partial charge in [-0.25, -0.2) is 13.2 Å². The van der Waals surface area contributed by atoms with Crippen LogP contribution in [0.2, 0.25) is 0 Å². The maximum Gasteiger partial charge on any atom is 0.428 e. The van der Waals surface area contributed by atoms with E-state index in [-0.39, 0.29) is 11.5 Å². The summed E-state index contributed by atoms with van der Waals surface area (Å²) < 4.78 is 31.3. The minimum atomic E-state index is -3.94. The first-order chi connectivity index (χ1) is 11.0. The summed E-state index contributed by atoms with van der Waals surface area (Å²) in [5.41, 5.74) is 2.40. The number of amides is 1. The molecule has 1 saturated heterocycles. The lowest BCUT2D eigenvalue weighted by Crippen LogP contribution is -2.30. The Balaban J connectivity index is 1.97. The first kappa shape index (κ1) is 15.8. The molecule has 122 valence electrons. The van der Waals surface area contributed by atoms with Crippen LogP contribution in [0.5, 0.6) is 0 Å². The van der Waals surface area contributed by atoms with Crippen LogP contribution in [0.1, 0.15) is 31.2 Å². The maximum atomic E-state index is 12.8. The number of ether oxygens (including phenoxy) is 1. The highest BCUT2D eigenvalue weighted by molar-refractivity contribution is 7.89. The van der Waals surface area contributed by atoms with E-state index in [1.165, 1.54) is 12.1 Å². The van der Waals surface area contributed by atoms with E-state index in [0.717, 1.165) is 41.1 Å². The average molecular weight is 333 g/mol. The summed E-state index contributed by atoms with van der Waals surface area (Å²) in [4.78, 5) is 12.1. The topological polar surface area (TPSA) is 63.7 Å². The van der Waals surface area contributed by atoms with Crippen LogP contribution in [0.25, 0.3) is 0 Å². The third-order valence-electron chi connectivity index (χ3n) is 4.01. The highest BCUT2D eigenvalue weighted by Crippen LogP contribution is 2.29. The third kappa shape index (κ3) is 3.17. The summed E-state index contributed by atoms with van der Waals surface area (Å²) in [5, 5.41) is 0. The van der Waals surface area contributed by atoms with Gasteiger partial charge < -0.3 is 4.74 Å². The molecule has 0 bridgehead atoms. The van der Waals surface area contributed by atoms with Gasteiger partial charge in [0.1, 0.15) is 6.61 Å². The highest BCUT2D eigenvalue weighted by atomic mass is 32.2. The molecule has 1 aliphatic heterocycles. The molecule has 1 fully saturated rings. The number of hydrogen-bond acceptors (Lipinski definition) is 4. The summed E-state index contributed by atoms with van der Waals surface area (Å²) in [6.45, 7) is 1.86. The van der Waals surface area contributed by atoms with Gasteiger partial charge in [-0.1, -0.05) is 29.3 Å². The second kappa shape index (κ2) is 6.20. The Labute approximate surface area is 136 Å². The standard InChI is InChI=1S/C17H19NO4S/c1-13-7-9-16(10-8-13)23(20,21)18-15(12-22-17(18)19)11-14-5-3-2-4-6-14/h5,7-11H,2-4,6,12H2,1H3/b15-11+. The lowest BCUT2D eigenvalue weighted by atomic mass is 9.99. The van der Waals surface area contributed by atoms with Crippen molar-refractivity contribution in [2.45, 2.75) is 37.5 Å². The van der Waals surface area contributed by atoms with E-state index in [4.69, 9.17) is 4.74 Å². The number of benzene rings is 1. The molecule has 2 aliphatic rings. The maximum absolute atomic E-state index is 12.8. The largest absolute Gasteiger partial charge is 0.442 e. The van der Waals surface area contributed by atoms with Crippen molar-refractivity contribution >= 4 is 16.1 Å². The number of rotatable bonds is 3. The van der Waals surface area contributed by atoms with E-state index in [9.17, 15) is 13.2 Å². The second-order valence-electron chi connectivity index (χ2n) is 5.80. The Hall–Kier alpha value is -2.08. The number of hydrogen-bond donors (Lipinski definition) is 0. The van der Waals surface area contributed by atoms with Gasteiger partial charge in [-0.2, -0.15) is 4.31 Å². The Bertz CT molecular complexity index is 775. The summed E-state index contributed by atoms with van der Waals surface area (Å²) in [5.74, 6) is 0. The van der Waals surface area contributed by atoms with Crippen LogP contribution in [-0.4, -0.2) is 25.4 Å². The minimum Gasteiger partial charge on any atom is -0.442 e. The van der Waals surface area contributed by atoms with Crippen LogP contribution >= 0.6 is 0 Å². The number of sulfonamides is 1. The first-order valence-corrected chi connectivity index (χ1v) is 9.11. The molecule has 0 aromatic heterocycles. The van der Waals surface area contributed by atoms with Crippen molar-refractivity contribution in [2.75, 3.05) is 6.61 Å². The minimum absolute atomic E-state index is 0.0126. The van der Waals surface area contributed by atoms with Gasteiger partial charge >= 0.3 is 6.09 Å². The fourth-order valence-electron chi connectivity index (χ4n) is 2.75. The number of nitrogens with zero attached hydrogens (tertiary/aromatic N) is 1. The van der Waals surface area contributed by atoms with Gasteiger partial charge in [-0.3, -0.25) is 0 Å². The lowest BCUT2D eigenvalue weighted by molar-refractivity contribution is 0.170. The molecule has 1 heterocycles. The van der Waals surface area contributed by atoms with E-state index in [1.54, 1.807) is 18.2 Å². The summed E-state index contributed by atoms with van der Waals surface area (Å²) in [6, 6.07) is 6.43. The molecule has 3 rings (SSSR count). The van der Waals surface area contributed by atoms with Crippen molar-refractivity contribution in [1.82, 2.24) is 4.31 Å². The first-order valence-electron chi connectivity index (χ1n) is 7.67. The molecule has 0 unspecified atom stereocenters. The molecule has 0 radical (unpaired) electrons. The Morgan fingerprint density at radius 2 is 1.91 bits per heavy atom. The molecule has 1 aromatic carbocycles. The Kier molecular flexibility index (Phi) is 4.26. The molecular formula is C17H19NO4S. The molecule has 0 N–H and O–H groups in total. The zero-order chi connectivity index (χ0) is 16.4. The molecule has 23 heavy (non-hydrogen) atoms. The molecule has 5 nitrogen and oxygen atoms in total. The second-order valence-corrected chi connectivity index (χ2v) is 7.58. The Morgan fingerprint density at radius 1 is 1.17 bits per heavy atom. The molecule has 6 heteroatoms. The smallest absolute Gasteiger partial charge is 0.428 e. The molecule has 0 atom stereocenters. The number of allylic oxidation sites excluding steroid dienone is 3. The normalized spacial score (nSPS) is 20.6. The van der Waals surface area contributed by atoms with Crippen LogP contribution in [0.15, 0.2) is 52.6 Å². The fraction of sp³-hybridized carbons (Fsp3) is 0.353. The van der Waals surface area contributed by atoms with Crippen LogP contribution in [0.3, 0.4) is 0 Å². The fourth-order valence-corrected chi connectivity index (χ4v) is 4.10. The molecule has 1 aliphatic carbocycles. The predicted molar refractivity (Wildman–Crippen MR) is 86.2 cm³/mol. The predicted octanol–water partition coefficient (Wildman–Crippen LogP) is 3.52. The molecule has 0 spiro atoms. The summed E-state index contributed by atoms with van der Waals surface area (Å²) in [7, 11) is -3.94. The number of carbonyl (C=O) groups excluding carboxylic acids is 1. The molecule has 1 aromatic rings. The van der Waals surface area contributed by atoms with Crippen LogP contribution in [-0.2, 0) is 14.8 Å². The van der Waals surface area contributed by atoms with Gasteiger partial charge in [0.25, 0.3) is 10.0 Å². The van der Waals surface area contributed by atoms with Crippen LogP contribution < -0.4 is 0 Å². The molecule has 1 amide bonds. The van der Waals surface area contributed by atoms with E-state index in [0.29, 0.717) is 5.70 Å². The van der Waals surface area contributed by atoms with Crippen molar-refractivity contribution in [3.05, 3.63) is 53.3 Å². The van der Waals surface area contributed by atoms with Crippen molar-refractivity contribution in [3.8, 4) is 0 Å². The van der Waals surface area contributed by atoms with Gasteiger partial charge in [0.05, 0.1) is 10.6 Å². The number of cyclic esters (lactones) is 1. The van der Waals surface area contributed by atoms with E-state index in [2.05, 4.69) is 6.08 Å². The van der Waals surface area contributed by atoms with E-state index < -0.39 is 16.1 Å². The van der Waals surface area contributed by atoms with Crippen molar-refractivity contribution < 1.29 is 17.9 Å². The lowest BCUT2D eigenvalue weighted by Gasteiger charge is -2.17. The van der Waals surface area contributed by atoms with Crippen LogP contribution in [0.4, 0.5) is 4.79 Å². The van der Waals surface area contributed by atoms with E-state index >= 15 is 0 Å². The number of aryl methyl sites for hydroxylation is 1. The van der Waals surface area contributed by atoms with Crippen molar-refractivity contribution in [1.29, 1.82) is 0 Å². The van der Waals surface area contributed by atoms with E-state index in [1.807, 2.05) is 6.92 Å². The monoisotopic (exact) mass is 333 g/mol. The van der Waals surface area contributed by atoms with Gasteiger partial charge in [-0.15, -0.1) is 0 Å². The van der Waals surface area contributed by atoms with Crippen LogP contribution in [0, 0.1) is 6.92 Å². The van der Waals surface area contributed by atoms with Crippen molar-refractivity contribution in [2.24, 2.45) is 0 Å².